The number of imide groups is 1. The molecule has 0 bridgehead atoms. The van der Waals surface area contributed by atoms with Crippen molar-refractivity contribution in [2.75, 3.05) is 11.9 Å². The number of nitrogens with zero attached hydrogens (tertiary/aromatic N) is 1. The van der Waals surface area contributed by atoms with Crippen molar-refractivity contribution in [1.82, 2.24) is 5.32 Å². The Labute approximate surface area is 119 Å². The number of hydrogen-bond acceptors (Lipinski definition) is 3. The van der Waals surface area contributed by atoms with E-state index < -0.39 is 0 Å². The second-order valence-corrected chi connectivity index (χ2v) is 6.00. The third-order valence-electron chi connectivity index (χ3n) is 4.42. The molecule has 20 heavy (non-hydrogen) atoms. The van der Waals surface area contributed by atoms with Crippen molar-refractivity contribution >= 4 is 17.5 Å². The first-order valence-electron chi connectivity index (χ1n) is 7.23. The summed E-state index contributed by atoms with van der Waals surface area (Å²) >= 11 is 0. The van der Waals surface area contributed by atoms with Crippen molar-refractivity contribution in [2.24, 2.45) is 17.8 Å². The Kier molecular flexibility index (Phi) is 3.34. The number of fused-ring (bicyclic) bond motifs is 1. The van der Waals surface area contributed by atoms with Gasteiger partial charge in [-0.1, -0.05) is 19.1 Å². The Hall–Kier alpha value is -1.68. The molecule has 0 aromatic heterocycles. The highest BCUT2D eigenvalue weighted by Gasteiger charge is 2.52. The molecular formula is C16H20N2O2. The number of hydrogen-bond donors (Lipinski definition) is 1. The third kappa shape index (κ3) is 2.04. The monoisotopic (exact) mass is 272 g/mol. The molecule has 1 saturated heterocycles. The molecule has 1 aliphatic heterocycles. The number of benzene rings is 1. The molecule has 0 radical (unpaired) electrons. The van der Waals surface area contributed by atoms with Crippen molar-refractivity contribution in [1.29, 1.82) is 0 Å². The van der Waals surface area contributed by atoms with Gasteiger partial charge in [0.05, 0.1) is 17.5 Å². The van der Waals surface area contributed by atoms with Crippen LogP contribution in [0.4, 0.5) is 5.69 Å². The van der Waals surface area contributed by atoms with Crippen LogP contribution in [0.2, 0.25) is 0 Å². The lowest BCUT2D eigenvalue weighted by Gasteiger charge is -2.17. The van der Waals surface area contributed by atoms with Crippen LogP contribution < -0.4 is 10.2 Å². The normalized spacial score (nSPS) is 29.1. The van der Waals surface area contributed by atoms with E-state index in [9.17, 15) is 9.59 Å². The van der Waals surface area contributed by atoms with Crippen molar-refractivity contribution in [3.8, 4) is 0 Å². The minimum absolute atomic E-state index is 0.00837. The zero-order valence-corrected chi connectivity index (χ0v) is 11.9. The van der Waals surface area contributed by atoms with E-state index in [1.807, 2.05) is 31.3 Å². The zero-order chi connectivity index (χ0) is 14.3. The van der Waals surface area contributed by atoms with E-state index in [1.165, 1.54) is 4.90 Å². The van der Waals surface area contributed by atoms with Crippen LogP contribution in [0.1, 0.15) is 25.3 Å². The Balaban J connectivity index is 1.90. The molecular weight excluding hydrogens is 252 g/mol. The van der Waals surface area contributed by atoms with Crippen LogP contribution in [0, 0.1) is 17.8 Å². The van der Waals surface area contributed by atoms with Gasteiger partial charge in [0.25, 0.3) is 0 Å². The predicted octanol–water partition coefficient (Wildman–Crippen LogP) is 1.94. The van der Waals surface area contributed by atoms with Gasteiger partial charge in [-0.15, -0.1) is 0 Å². The lowest BCUT2D eigenvalue weighted by atomic mass is 10.00. The van der Waals surface area contributed by atoms with E-state index in [-0.39, 0.29) is 23.7 Å². The maximum Gasteiger partial charge on any atom is 0.237 e. The van der Waals surface area contributed by atoms with Gasteiger partial charge in [-0.3, -0.25) is 14.5 Å². The van der Waals surface area contributed by atoms with Crippen molar-refractivity contribution in [3.05, 3.63) is 29.8 Å². The fourth-order valence-corrected chi connectivity index (χ4v) is 3.54. The Morgan fingerprint density at radius 1 is 1.20 bits per heavy atom. The van der Waals surface area contributed by atoms with Crippen LogP contribution in [0.5, 0.6) is 0 Å². The first-order chi connectivity index (χ1) is 9.61. The molecule has 4 heteroatoms. The molecule has 1 aliphatic carbocycles. The largest absolute Gasteiger partial charge is 0.316 e. The molecule has 2 amide bonds. The standard InChI is InChI=1S/C16H20N2O2/c1-10-6-13-14(7-10)16(20)18(15(13)19)12-5-3-4-11(8-12)9-17-2/h3-5,8,10,13-14,17H,6-7,9H2,1-2H3. The van der Waals surface area contributed by atoms with Gasteiger partial charge >= 0.3 is 0 Å². The molecule has 1 saturated carbocycles. The zero-order valence-electron chi connectivity index (χ0n) is 11.9. The van der Waals surface area contributed by atoms with Crippen LogP contribution in [0.25, 0.3) is 0 Å². The lowest BCUT2D eigenvalue weighted by molar-refractivity contribution is -0.123. The van der Waals surface area contributed by atoms with E-state index in [0.717, 1.165) is 30.6 Å². The van der Waals surface area contributed by atoms with Gasteiger partial charge in [0.1, 0.15) is 0 Å². The molecule has 3 rings (SSSR count). The fourth-order valence-electron chi connectivity index (χ4n) is 3.54. The minimum atomic E-state index is -0.0922. The smallest absolute Gasteiger partial charge is 0.237 e. The molecule has 2 unspecified atom stereocenters. The molecule has 0 spiro atoms. The molecule has 1 heterocycles. The molecule has 4 nitrogen and oxygen atoms in total. The summed E-state index contributed by atoms with van der Waals surface area (Å²) in [6.07, 6.45) is 1.70. The second kappa shape index (κ2) is 5.02. The Bertz CT molecular complexity index is 531. The summed E-state index contributed by atoms with van der Waals surface area (Å²) in [5.74, 6) is 0.281. The molecule has 2 aliphatic rings. The summed E-state index contributed by atoms with van der Waals surface area (Å²) in [5, 5.41) is 3.08. The van der Waals surface area contributed by atoms with Gasteiger partial charge in [-0.05, 0) is 43.5 Å². The number of nitrogens with one attached hydrogen (secondary N) is 1. The summed E-state index contributed by atoms with van der Waals surface area (Å²) in [6.45, 7) is 2.85. The van der Waals surface area contributed by atoms with E-state index in [4.69, 9.17) is 0 Å². The number of amides is 2. The quantitative estimate of drug-likeness (QED) is 0.856. The third-order valence-corrected chi connectivity index (χ3v) is 4.42. The van der Waals surface area contributed by atoms with Crippen LogP contribution in [0.3, 0.4) is 0 Å². The maximum atomic E-state index is 12.5. The van der Waals surface area contributed by atoms with Crippen LogP contribution in [-0.4, -0.2) is 18.9 Å². The van der Waals surface area contributed by atoms with Crippen molar-refractivity contribution < 1.29 is 9.59 Å². The first-order valence-corrected chi connectivity index (χ1v) is 7.23. The number of rotatable bonds is 3. The average Bonchev–Trinajstić information content (AvgIpc) is 2.90. The minimum Gasteiger partial charge on any atom is -0.316 e. The summed E-state index contributed by atoms with van der Waals surface area (Å²) in [7, 11) is 1.88. The topological polar surface area (TPSA) is 49.4 Å². The predicted molar refractivity (Wildman–Crippen MR) is 77.1 cm³/mol. The lowest BCUT2D eigenvalue weighted by Crippen LogP contribution is -2.32. The van der Waals surface area contributed by atoms with Crippen LogP contribution in [-0.2, 0) is 16.1 Å². The van der Waals surface area contributed by atoms with Gasteiger partial charge in [-0.25, -0.2) is 0 Å². The maximum absolute atomic E-state index is 12.5. The number of carbonyl (C=O) groups excluding carboxylic acids is 2. The van der Waals surface area contributed by atoms with Crippen LogP contribution >= 0.6 is 0 Å². The second-order valence-electron chi connectivity index (χ2n) is 6.00. The average molecular weight is 272 g/mol. The highest BCUT2D eigenvalue weighted by molar-refractivity contribution is 6.22. The number of carbonyl (C=O) groups is 2. The van der Waals surface area contributed by atoms with Crippen molar-refractivity contribution in [3.63, 3.8) is 0 Å². The summed E-state index contributed by atoms with van der Waals surface area (Å²) < 4.78 is 0. The highest BCUT2D eigenvalue weighted by Crippen LogP contribution is 2.44. The number of anilines is 1. The van der Waals surface area contributed by atoms with E-state index in [2.05, 4.69) is 12.2 Å². The van der Waals surface area contributed by atoms with E-state index in [1.54, 1.807) is 0 Å². The molecule has 1 N–H and O–H groups in total. The Morgan fingerprint density at radius 3 is 2.45 bits per heavy atom. The van der Waals surface area contributed by atoms with Crippen molar-refractivity contribution in [2.45, 2.75) is 26.3 Å². The summed E-state index contributed by atoms with van der Waals surface area (Å²) in [6, 6.07) is 7.67. The Morgan fingerprint density at radius 2 is 1.85 bits per heavy atom. The molecule has 2 fully saturated rings. The SMILES string of the molecule is CNCc1cccc(N2C(=O)C3CC(C)CC3C2=O)c1. The van der Waals surface area contributed by atoms with Gasteiger partial charge < -0.3 is 5.32 Å². The molecule has 2 atom stereocenters. The van der Waals surface area contributed by atoms with Gasteiger partial charge in [-0.2, -0.15) is 0 Å². The molecule has 1 aromatic carbocycles. The van der Waals surface area contributed by atoms with E-state index >= 15 is 0 Å². The van der Waals surface area contributed by atoms with Gasteiger partial charge in [0.15, 0.2) is 0 Å². The summed E-state index contributed by atoms with van der Waals surface area (Å²) in [4.78, 5) is 26.4. The van der Waals surface area contributed by atoms with Crippen LogP contribution in [0.15, 0.2) is 24.3 Å². The fraction of sp³-hybridized carbons (Fsp3) is 0.500. The highest BCUT2D eigenvalue weighted by atomic mass is 16.2. The molecule has 1 aromatic rings. The van der Waals surface area contributed by atoms with Gasteiger partial charge in [0, 0.05) is 6.54 Å². The van der Waals surface area contributed by atoms with E-state index in [0.29, 0.717) is 5.92 Å². The first kappa shape index (κ1) is 13.3. The van der Waals surface area contributed by atoms with Gasteiger partial charge in [0.2, 0.25) is 11.8 Å². The summed E-state index contributed by atoms with van der Waals surface area (Å²) in [5.41, 5.74) is 1.80. The molecule has 106 valence electrons.